The molecule has 0 aliphatic heterocycles. The van der Waals surface area contributed by atoms with Gasteiger partial charge in [0.1, 0.15) is 28.7 Å². The van der Waals surface area contributed by atoms with Crippen molar-refractivity contribution in [1.29, 1.82) is 0 Å². The Morgan fingerprint density at radius 3 is 2.79 bits per heavy atom. The maximum absolute atomic E-state index is 10.8. The average molecular weight is 193 g/mol. The van der Waals surface area contributed by atoms with E-state index in [1.54, 1.807) is 0 Å². The molecule has 0 radical (unpaired) electrons. The summed E-state index contributed by atoms with van der Waals surface area (Å²) in [5.41, 5.74) is 11.5. The van der Waals surface area contributed by atoms with E-state index >= 15 is 0 Å². The Labute approximate surface area is 77.8 Å². The van der Waals surface area contributed by atoms with Gasteiger partial charge in [-0.3, -0.25) is 0 Å². The van der Waals surface area contributed by atoms with Crippen LogP contribution in [0.4, 0.5) is 11.6 Å². The van der Waals surface area contributed by atoms with Gasteiger partial charge in [-0.1, -0.05) is 0 Å². The number of nitrogen functional groups attached to an aromatic ring is 2. The second-order valence-electron chi connectivity index (χ2n) is 2.70. The smallest absolute Gasteiger partial charge is 0.341 e. The van der Waals surface area contributed by atoms with Crippen LogP contribution in [0.25, 0.3) is 11.0 Å². The van der Waals surface area contributed by atoms with Crippen LogP contribution >= 0.6 is 0 Å². The second kappa shape index (κ2) is 2.59. The average Bonchev–Trinajstić information content (AvgIpc) is 2.42. The van der Waals surface area contributed by atoms with Crippen LogP contribution in [0.5, 0.6) is 0 Å². The van der Waals surface area contributed by atoms with E-state index in [-0.39, 0.29) is 22.7 Å². The lowest BCUT2D eigenvalue weighted by atomic mass is 10.2. The Kier molecular flexibility index (Phi) is 1.53. The van der Waals surface area contributed by atoms with E-state index in [1.165, 1.54) is 6.33 Å². The van der Waals surface area contributed by atoms with Crippen LogP contribution < -0.4 is 11.5 Å². The van der Waals surface area contributed by atoms with E-state index in [0.717, 1.165) is 0 Å². The summed E-state index contributed by atoms with van der Waals surface area (Å²) in [4.78, 5) is 20.9. The molecule has 0 saturated heterocycles. The summed E-state index contributed by atoms with van der Waals surface area (Å²) in [7, 11) is 0. The van der Waals surface area contributed by atoms with E-state index in [9.17, 15) is 4.79 Å². The highest BCUT2D eigenvalue weighted by atomic mass is 16.4. The minimum atomic E-state index is -1.15. The number of aromatic nitrogens is 3. The van der Waals surface area contributed by atoms with Crippen molar-refractivity contribution in [2.45, 2.75) is 0 Å². The molecule has 2 aromatic rings. The number of nitrogens with one attached hydrogen (secondary N) is 1. The van der Waals surface area contributed by atoms with Gasteiger partial charge < -0.3 is 21.6 Å². The fourth-order valence-electron chi connectivity index (χ4n) is 1.25. The summed E-state index contributed by atoms with van der Waals surface area (Å²) in [6.07, 6.45) is 1.19. The van der Waals surface area contributed by atoms with E-state index < -0.39 is 5.97 Å². The predicted molar refractivity (Wildman–Crippen MR) is 49.7 cm³/mol. The molecule has 14 heavy (non-hydrogen) atoms. The van der Waals surface area contributed by atoms with Gasteiger partial charge in [-0.25, -0.2) is 14.8 Å². The maximum atomic E-state index is 10.8. The standard InChI is InChI=1S/C7H7N5O2/c8-5-2(7(13)14)3-4(12-5)6(9)11-1-10-3/h1,12H,8H2,(H,13,14)(H2,9,10,11). The number of nitrogens with two attached hydrogens (primary N) is 2. The van der Waals surface area contributed by atoms with Crippen molar-refractivity contribution in [2.24, 2.45) is 0 Å². The molecule has 7 nitrogen and oxygen atoms in total. The Balaban J connectivity index is 2.90. The van der Waals surface area contributed by atoms with Crippen molar-refractivity contribution in [2.75, 3.05) is 11.5 Å². The number of hydrogen-bond acceptors (Lipinski definition) is 5. The summed E-state index contributed by atoms with van der Waals surface area (Å²) in [5.74, 6) is -0.944. The highest BCUT2D eigenvalue weighted by Gasteiger charge is 2.18. The van der Waals surface area contributed by atoms with Crippen molar-refractivity contribution in [1.82, 2.24) is 15.0 Å². The SMILES string of the molecule is Nc1[nH]c2c(N)ncnc2c1C(=O)O. The van der Waals surface area contributed by atoms with Crippen molar-refractivity contribution in [3.63, 3.8) is 0 Å². The third-order valence-electron chi connectivity index (χ3n) is 1.86. The van der Waals surface area contributed by atoms with Crippen molar-refractivity contribution >= 4 is 28.6 Å². The molecule has 0 aromatic carbocycles. The molecule has 0 saturated carbocycles. The molecule has 0 aliphatic rings. The quantitative estimate of drug-likeness (QED) is 0.496. The van der Waals surface area contributed by atoms with Gasteiger partial charge in [0.25, 0.3) is 0 Å². The number of nitrogens with zero attached hydrogens (tertiary/aromatic N) is 2. The molecular weight excluding hydrogens is 186 g/mol. The Hall–Kier alpha value is -2.31. The van der Waals surface area contributed by atoms with Crippen LogP contribution in [-0.2, 0) is 0 Å². The number of anilines is 2. The van der Waals surface area contributed by atoms with Crippen molar-refractivity contribution in [3.8, 4) is 0 Å². The first-order valence-electron chi connectivity index (χ1n) is 3.72. The van der Waals surface area contributed by atoms with E-state index in [4.69, 9.17) is 16.6 Å². The normalized spacial score (nSPS) is 10.6. The Morgan fingerprint density at radius 1 is 1.43 bits per heavy atom. The fourth-order valence-corrected chi connectivity index (χ4v) is 1.25. The number of aromatic amines is 1. The number of carbonyl (C=O) groups is 1. The highest BCUT2D eigenvalue weighted by molar-refractivity contribution is 6.08. The Bertz CT molecular complexity index is 518. The molecule has 2 aromatic heterocycles. The Morgan fingerprint density at radius 2 is 2.14 bits per heavy atom. The second-order valence-corrected chi connectivity index (χ2v) is 2.70. The minimum absolute atomic E-state index is 0.0275. The first-order valence-corrected chi connectivity index (χ1v) is 3.72. The highest BCUT2D eigenvalue weighted by Crippen LogP contribution is 2.24. The van der Waals surface area contributed by atoms with Crippen LogP contribution in [-0.4, -0.2) is 26.0 Å². The number of aromatic carboxylic acids is 1. The topological polar surface area (TPSA) is 131 Å². The zero-order chi connectivity index (χ0) is 10.3. The van der Waals surface area contributed by atoms with Crippen LogP contribution in [0, 0.1) is 0 Å². The van der Waals surface area contributed by atoms with Gasteiger partial charge in [-0.2, -0.15) is 0 Å². The number of hydrogen-bond donors (Lipinski definition) is 4. The molecule has 0 unspecified atom stereocenters. The summed E-state index contributed by atoms with van der Waals surface area (Å²) in [5, 5.41) is 8.84. The summed E-state index contributed by atoms with van der Waals surface area (Å²) in [6.45, 7) is 0. The lowest BCUT2D eigenvalue weighted by molar-refractivity contribution is 0.0700. The maximum Gasteiger partial charge on any atom is 0.341 e. The largest absolute Gasteiger partial charge is 0.477 e. The van der Waals surface area contributed by atoms with Gasteiger partial charge in [0.05, 0.1) is 0 Å². The molecule has 0 aliphatic carbocycles. The number of carboxylic acid groups (broad SMARTS) is 1. The van der Waals surface area contributed by atoms with Crippen LogP contribution in [0.15, 0.2) is 6.33 Å². The van der Waals surface area contributed by atoms with E-state index in [2.05, 4.69) is 15.0 Å². The van der Waals surface area contributed by atoms with E-state index in [1.807, 2.05) is 0 Å². The van der Waals surface area contributed by atoms with Gasteiger partial charge in [0.2, 0.25) is 0 Å². The molecule has 0 fully saturated rings. The van der Waals surface area contributed by atoms with Crippen LogP contribution in [0.2, 0.25) is 0 Å². The molecule has 2 heterocycles. The zero-order valence-electron chi connectivity index (χ0n) is 6.98. The third-order valence-corrected chi connectivity index (χ3v) is 1.86. The van der Waals surface area contributed by atoms with Gasteiger partial charge >= 0.3 is 5.97 Å². The molecule has 7 heteroatoms. The number of rotatable bonds is 1. The first kappa shape index (κ1) is 8.30. The van der Waals surface area contributed by atoms with Crippen LogP contribution in [0.3, 0.4) is 0 Å². The summed E-state index contributed by atoms with van der Waals surface area (Å²) in [6, 6.07) is 0. The third kappa shape index (κ3) is 0.954. The summed E-state index contributed by atoms with van der Waals surface area (Å²) >= 11 is 0. The molecule has 0 amide bonds. The summed E-state index contributed by atoms with van der Waals surface area (Å²) < 4.78 is 0. The van der Waals surface area contributed by atoms with Crippen LogP contribution in [0.1, 0.15) is 10.4 Å². The van der Waals surface area contributed by atoms with Crippen molar-refractivity contribution in [3.05, 3.63) is 11.9 Å². The fraction of sp³-hybridized carbons (Fsp3) is 0. The molecule has 72 valence electrons. The lowest BCUT2D eigenvalue weighted by Gasteiger charge is -1.93. The molecule has 0 spiro atoms. The number of carboxylic acids is 1. The monoisotopic (exact) mass is 193 g/mol. The van der Waals surface area contributed by atoms with Gasteiger partial charge in [0.15, 0.2) is 5.82 Å². The van der Waals surface area contributed by atoms with E-state index in [0.29, 0.717) is 5.52 Å². The minimum Gasteiger partial charge on any atom is -0.477 e. The van der Waals surface area contributed by atoms with Gasteiger partial charge in [0, 0.05) is 0 Å². The molecule has 0 atom stereocenters. The predicted octanol–water partition coefficient (Wildman–Crippen LogP) is -0.180. The lowest BCUT2D eigenvalue weighted by Crippen LogP contribution is -2.00. The zero-order valence-corrected chi connectivity index (χ0v) is 6.98. The number of fused-ring (bicyclic) bond motifs is 1. The van der Waals surface area contributed by atoms with Crippen molar-refractivity contribution < 1.29 is 9.90 Å². The number of H-pyrrole nitrogens is 1. The van der Waals surface area contributed by atoms with Gasteiger partial charge in [-0.05, 0) is 0 Å². The first-order chi connectivity index (χ1) is 6.61. The molecule has 6 N–H and O–H groups in total. The molecule has 0 bridgehead atoms. The molecule has 2 rings (SSSR count). The molecular formula is C7H7N5O2. The van der Waals surface area contributed by atoms with Gasteiger partial charge in [-0.15, -0.1) is 0 Å².